The number of nitro benzene ring substituents is 1. The Hall–Kier alpha value is -3.04. The third-order valence-corrected chi connectivity index (χ3v) is 4.15. The molecule has 2 aromatic carbocycles. The van der Waals surface area contributed by atoms with Crippen LogP contribution in [0.25, 0.3) is 0 Å². The zero-order valence-corrected chi connectivity index (χ0v) is 16.2. The van der Waals surface area contributed by atoms with Gasteiger partial charge in [-0.25, -0.2) is 4.79 Å². The number of hydrogen-bond acceptors (Lipinski definition) is 7. The molecular formula is C17H15Cl2N3O6. The Morgan fingerprint density at radius 3 is 2.54 bits per heavy atom. The number of esters is 1. The van der Waals surface area contributed by atoms with Gasteiger partial charge in [-0.3, -0.25) is 14.9 Å². The number of nitrogen functional groups attached to an aromatic ring is 1. The Balaban J connectivity index is 2.17. The first-order valence-corrected chi connectivity index (χ1v) is 8.48. The van der Waals surface area contributed by atoms with Crippen molar-refractivity contribution in [3.05, 3.63) is 56.1 Å². The highest BCUT2D eigenvalue weighted by molar-refractivity contribution is 6.37. The van der Waals surface area contributed by atoms with Gasteiger partial charge in [0, 0.05) is 17.2 Å². The number of anilines is 2. The molecule has 1 atom stereocenters. The van der Waals surface area contributed by atoms with Crippen LogP contribution in [0.4, 0.5) is 17.1 Å². The zero-order chi connectivity index (χ0) is 21.0. The van der Waals surface area contributed by atoms with E-state index in [9.17, 15) is 19.7 Å². The molecule has 9 nitrogen and oxygen atoms in total. The highest BCUT2D eigenvalue weighted by Gasteiger charge is 2.23. The number of rotatable bonds is 6. The van der Waals surface area contributed by atoms with Crippen LogP contribution in [0.3, 0.4) is 0 Å². The molecule has 1 amide bonds. The fourth-order valence-electron chi connectivity index (χ4n) is 2.17. The number of nitro groups is 1. The van der Waals surface area contributed by atoms with Gasteiger partial charge in [-0.15, -0.1) is 0 Å². The molecular weight excluding hydrogens is 413 g/mol. The van der Waals surface area contributed by atoms with E-state index in [1.807, 2.05) is 0 Å². The number of nitrogens with two attached hydrogens (primary N) is 1. The number of halogens is 2. The molecule has 0 heterocycles. The van der Waals surface area contributed by atoms with E-state index < -0.39 is 22.9 Å². The molecule has 0 saturated carbocycles. The largest absolute Gasteiger partial charge is 0.495 e. The molecule has 0 radical (unpaired) electrons. The number of hydrogen-bond donors (Lipinski definition) is 2. The molecule has 11 heteroatoms. The average molecular weight is 428 g/mol. The minimum Gasteiger partial charge on any atom is -0.495 e. The van der Waals surface area contributed by atoms with Crippen molar-refractivity contribution in [2.45, 2.75) is 13.0 Å². The summed E-state index contributed by atoms with van der Waals surface area (Å²) in [4.78, 5) is 34.9. The second-order valence-corrected chi connectivity index (χ2v) is 6.37. The van der Waals surface area contributed by atoms with Crippen molar-refractivity contribution in [1.29, 1.82) is 0 Å². The molecule has 0 aliphatic carbocycles. The van der Waals surface area contributed by atoms with Crippen molar-refractivity contribution >= 4 is 52.1 Å². The summed E-state index contributed by atoms with van der Waals surface area (Å²) in [6.07, 6.45) is -1.26. The molecule has 0 fully saturated rings. The Labute approximate surface area is 169 Å². The Morgan fingerprint density at radius 1 is 1.25 bits per heavy atom. The molecule has 0 aliphatic rings. The van der Waals surface area contributed by atoms with E-state index >= 15 is 0 Å². The van der Waals surface area contributed by atoms with Crippen LogP contribution >= 0.6 is 23.2 Å². The van der Waals surface area contributed by atoms with Crippen molar-refractivity contribution in [2.75, 3.05) is 18.2 Å². The highest BCUT2D eigenvalue weighted by Crippen LogP contribution is 2.30. The molecule has 0 unspecified atom stereocenters. The molecule has 2 aromatic rings. The third kappa shape index (κ3) is 4.81. The summed E-state index contributed by atoms with van der Waals surface area (Å²) in [5.41, 5.74) is 5.41. The minimum absolute atomic E-state index is 0.0379. The summed E-state index contributed by atoms with van der Waals surface area (Å²) < 4.78 is 10.2. The topological polar surface area (TPSA) is 134 Å². The molecule has 0 saturated heterocycles. The molecule has 3 N–H and O–H groups in total. The lowest BCUT2D eigenvalue weighted by molar-refractivity contribution is -0.384. The quantitative estimate of drug-likeness (QED) is 0.310. The smallest absolute Gasteiger partial charge is 0.341 e. The predicted molar refractivity (Wildman–Crippen MR) is 104 cm³/mol. The minimum atomic E-state index is -1.26. The van der Waals surface area contributed by atoms with Crippen LogP contribution in [0, 0.1) is 10.1 Å². The van der Waals surface area contributed by atoms with E-state index in [1.54, 1.807) is 0 Å². The zero-order valence-electron chi connectivity index (χ0n) is 14.7. The predicted octanol–water partition coefficient (Wildman–Crippen LogP) is 3.68. The van der Waals surface area contributed by atoms with Gasteiger partial charge in [0.05, 0.1) is 34.0 Å². The fourth-order valence-corrected chi connectivity index (χ4v) is 2.67. The summed E-state index contributed by atoms with van der Waals surface area (Å²) in [6.45, 7) is 1.32. The molecule has 0 aliphatic heterocycles. The van der Waals surface area contributed by atoms with E-state index in [0.29, 0.717) is 0 Å². The maximum Gasteiger partial charge on any atom is 0.341 e. The van der Waals surface area contributed by atoms with E-state index in [-0.39, 0.29) is 38.4 Å². The van der Waals surface area contributed by atoms with Gasteiger partial charge in [0.15, 0.2) is 6.10 Å². The van der Waals surface area contributed by atoms with Crippen LogP contribution in [0.5, 0.6) is 5.75 Å². The second-order valence-electron chi connectivity index (χ2n) is 5.53. The standard InChI is InChI=1S/C17H15Cl2N3O6/c1-8(28-17(24)11-5-9(18)6-12(19)15(11)20)16(23)21-13-7-10(22(25)26)3-4-14(13)27-2/h3-8H,20H2,1-2H3,(H,21,23)/t8-/m0/s1. The molecule has 2 rings (SSSR count). The van der Waals surface area contributed by atoms with Crippen molar-refractivity contribution in [1.82, 2.24) is 0 Å². The summed E-state index contributed by atoms with van der Waals surface area (Å²) in [5, 5.41) is 13.6. The van der Waals surface area contributed by atoms with Gasteiger partial charge in [-0.2, -0.15) is 0 Å². The lowest BCUT2D eigenvalue weighted by Gasteiger charge is -2.16. The third-order valence-electron chi connectivity index (χ3n) is 3.62. The van der Waals surface area contributed by atoms with Gasteiger partial charge < -0.3 is 20.5 Å². The maximum absolute atomic E-state index is 12.4. The second kappa shape index (κ2) is 8.77. The number of carbonyl (C=O) groups excluding carboxylic acids is 2. The highest BCUT2D eigenvalue weighted by atomic mass is 35.5. The number of ether oxygens (including phenoxy) is 2. The molecule has 148 valence electrons. The van der Waals surface area contributed by atoms with Gasteiger partial charge in [0.25, 0.3) is 11.6 Å². The number of carbonyl (C=O) groups is 2. The number of non-ortho nitro benzene ring substituents is 1. The van der Waals surface area contributed by atoms with Gasteiger partial charge in [0.2, 0.25) is 0 Å². The number of nitrogens with one attached hydrogen (secondary N) is 1. The van der Waals surface area contributed by atoms with Gasteiger partial charge in [-0.1, -0.05) is 23.2 Å². The van der Waals surface area contributed by atoms with Crippen LogP contribution in [-0.2, 0) is 9.53 Å². The first-order chi connectivity index (χ1) is 13.1. The average Bonchev–Trinajstić information content (AvgIpc) is 2.64. The maximum atomic E-state index is 12.4. The van der Waals surface area contributed by atoms with Crippen LogP contribution < -0.4 is 15.8 Å². The van der Waals surface area contributed by atoms with Crippen LogP contribution in [0.15, 0.2) is 30.3 Å². The monoisotopic (exact) mass is 427 g/mol. The van der Waals surface area contributed by atoms with Crippen LogP contribution in [-0.4, -0.2) is 30.0 Å². The lowest BCUT2D eigenvalue weighted by atomic mass is 10.2. The Bertz CT molecular complexity index is 951. The van der Waals surface area contributed by atoms with E-state index in [4.69, 9.17) is 38.4 Å². The normalized spacial score (nSPS) is 11.4. The van der Waals surface area contributed by atoms with E-state index in [0.717, 1.165) is 6.07 Å². The fraction of sp³-hybridized carbons (Fsp3) is 0.176. The van der Waals surface area contributed by atoms with Crippen molar-refractivity contribution < 1.29 is 24.0 Å². The van der Waals surface area contributed by atoms with Crippen molar-refractivity contribution in [2.24, 2.45) is 0 Å². The van der Waals surface area contributed by atoms with Gasteiger partial charge >= 0.3 is 5.97 Å². The number of benzene rings is 2. The molecule has 28 heavy (non-hydrogen) atoms. The van der Waals surface area contributed by atoms with E-state index in [2.05, 4.69) is 5.32 Å². The Morgan fingerprint density at radius 2 is 1.93 bits per heavy atom. The number of nitrogens with zero attached hydrogens (tertiary/aromatic N) is 1. The lowest BCUT2D eigenvalue weighted by Crippen LogP contribution is -2.30. The first-order valence-electron chi connectivity index (χ1n) is 7.72. The van der Waals surface area contributed by atoms with Crippen LogP contribution in [0.1, 0.15) is 17.3 Å². The molecule has 0 spiro atoms. The van der Waals surface area contributed by atoms with Crippen LogP contribution in [0.2, 0.25) is 10.0 Å². The summed E-state index contributed by atoms with van der Waals surface area (Å²) in [5.74, 6) is -1.45. The summed E-state index contributed by atoms with van der Waals surface area (Å²) in [6, 6.07) is 6.31. The van der Waals surface area contributed by atoms with E-state index in [1.165, 1.54) is 38.3 Å². The summed E-state index contributed by atoms with van der Waals surface area (Å²) >= 11 is 11.7. The first kappa shape index (κ1) is 21.3. The van der Waals surface area contributed by atoms with Crippen molar-refractivity contribution in [3.63, 3.8) is 0 Å². The Kier molecular flexibility index (Phi) is 6.66. The van der Waals surface area contributed by atoms with Gasteiger partial charge in [-0.05, 0) is 25.1 Å². The van der Waals surface area contributed by atoms with Crippen molar-refractivity contribution in [3.8, 4) is 5.75 Å². The number of amides is 1. The number of methoxy groups -OCH3 is 1. The summed E-state index contributed by atoms with van der Waals surface area (Å²) in [7, 11) is 1.34. The molecule has 0 aromatic heterocycles. The van der Waals surface area contributed by atoms with Gasteiger partial charge in [0.1, 0.15) is 5.75 Å². The molecule has 0 bridgehead atoms. The SMILES string of the molecule is COc1ccc([N+](=O)[O-])cc1NC(=O)[C@H](C)OC(=O)c1cc(Cl)cc(Cl)c1N.